The van der Waals surface area contributed by atoms with Gasteiger partial charge in [-0.05, 0) is 37.2 Å². The van der Waals surface area contributed by atoms with Gasteiger partial charge in [0.2, 0.25) is 0 Å². The predicted octanol–water partition coefficient (Wildman–Crippen LogP) is 13.5. The van der Waals surface area contributed by atoms with Crippen molar-refractivity contribution in [2.75, 3.05) is 34.8 Å². The van der Waals surface area contributed by atoms with Crippen LogP contribution >= 0.6 is 0 Å². The Labute approximate surface area is 313 Å². The molecule has 0 saturated heterocycles. The Bertz CT molecular complexity index is 1350. The summed E-state index contributed by atoms with van der Waals surface area (Å²) in [4.78, 5) is -0.235. The fourth-order valence-corrected chi connectivity index (χ4v) is 3.48. The van der Waals surface area contributed by atoms with Crippen molar-refractivity contribution in [2.24, 2.45) is 20.5 Å². The molecule has 9 nitrogen and oxygen atoms in total. The van der Waals surface area contributed by atoms with Crippen LogP contribution < -0.4 is 5.32 Å². The molecule has 0 radical (unpaired) electrons. The molecule has 0 aromatic heterocycles. The van der Waals surface area contributed by atoms with Crippen LogP contribution in [0.1, 0.15) is 96.4 Å². The van der Waals surface area contributed by atoms with Crippen LogP contribution in [-0.4, -0.2) is 48.3 Å². The molecule has 0 spiro atoms. The molecule has 0 saturated carbocycles. The van der Waals surface area contributed by atoms with E-state index >= 15 is 0 Å². The normalized spacial score (nSPS) is 8.88. The van der Waals surface area contributed by atoms with E-state index in [-0.39, 0.29) is 16.3 Å². The molecule has 4 aromatic carbocycles. The van der Waals surface area contributed by atoms with Crippen molar-refractivity contribution in [1.82, 2.24) is 5.32 Å². The van der Waals surface area contributed by atoms with E-state index in [1.165, 1.54) is 12.5 Å². The number of fused-ring (bicyclic) bond motifs is 1. The summed E-state index contributed by atoms with van der Waals surface area (Å²) in [6.45, 7) is 27.4. The Balaban J connectivity index is -0.000000154. The molecule has 0 amide bonds. The summed E-state index contributed by atoms with van der Waals surface area (Å²) >= 11 is 0. The van der Waals surface area contributed by atoms with E-state index in [1.54, 1.807) is 62.6 Å². The lowest BCUT2D eigenvalue weighted by molar-refractivity contribution is 0.397. The highest BCUT2D eigenvalue weighted by Crippen LogP contribution is 2.41. The summed E-state index contributed by atoms with van der Waals surface area (Å²) in [6, 6.07) is 29.1. The SMILES string of the molecule is CC.CC.CC.CC.CC.CCC.CCNC.CN=NC.COS(=O)(=O)c1cc2ccccc2c(O)c1N=Nc1ccccc1.c1ccccc1. The average molecular weight is 732 g/mol. The van der Waals surface area contributed by atoms with E-state index in [0.717, 1.165) is 13.7 Å². The molecule has 0 atom stereocenters. The van der Waals surface area contributed by atoms with Gasteiger partial charge in [0.1, 0.15) is 10.6 Å². The Kier molecular flexibility index (Phi) is 55.8. The maximum atomic E-state index is 12.2. The predicted molar refractivity (Wildman–Crippen MR) is 226 cm³/mol. The maximum Gasteiger partial charge on any atom is 0.299 e. The van der Waals surface area contributed by atoms with Crippen molar-refractivity contribution in [2.45, 2.75) is 101 Å². The minimum Gasteiger partial charge on any atom is -0.505 e. The fraction of sp³-hybridized carbons (Fsp3) is 0.463. The van der Waals surface area contributed by atoms with Crippen molar-refractivity contribution in [3.05, 3.63) is 97.1 Å². The van der Waals surface area contributed by atoms with Gasteiger partial charge in [-0.1, -0.05) is 175 Å². The first kappa shape index (κ1) is 59.2. The summed E-state index contributed by atoms with van der Waals surface area (Å²) in [7, 11) is 2.20. The minimum absolute atomic E-state index is 0.153. The molecule has 4 rings (SSSR count). The first-order valence-corrected chi connectivity index (χ1v) is 19.5. The van der Waals surface area contributed by atoms with Crippen LogP contribution in [0.5, 0.6) is 5.75 Å². The number of hydrogen-bond donors (Lipinski definition) is 2. The summed E-state index contributed by atoms with van der Waals surface area (Å²) in [5.74, 6) is -0.261. The number of hydrogen-bond acceptors (Lipinski definition) is 9. The molecule has 51 heavy (non-hydrogen) atoms. The first-order valence-electron chi connectivity index (χ1n) is 18.1. The first-order chi connectivity index (χ1) is 24.8. The second kappa shape index (κ2) is 48.1. The largest absolute Gasteiger partial charge is 0.505 e. The van der Waals surface area contributed by atoms with Gasteiger partial charge in [-0.25, -0.2) is 0 Å². The summed E-state index contributed by atoms with van der Waals surface area (Å²) in [5, 5.41) is 29.1. The standard InChI is InChI=1S/C17H14N2O4S.C6H6.C3H9N.C3H8.C2H6N2.5C2H6/c1-23-24(21,22)15-11-12-7-5-6-10-14(12)17(20)16(15)19-18-13-8-3-2-4-9-13;1-2-4-6-5-3-1;1-3-4-2;1-3-2;1-3-4-2;5*1-2/h2-11,20H,1H3;1-6H;4H,3H2,1-2H3;3H2,1-2H3;1-2H3;5*1-2H3. The van der Waals surface area contributed by atoms with Crippen LogP contribution in [-0.2, 0) is 14.3 Å². The van der Waals surface area contributed by atoms with Crippen LogP contribution in [0.4, 0.5) is 11.4 Å². The monoisotopic (exact) mass is 732 g/mol. The minimum atomic E-state index is -4.06. The zero-order chi connectivity index (χ0) is 40.9. The Morgan fingerprint density at radius 3 is 1.35 bits per heavy atom. The number of nitrogens with one attached hydrogen (secondary N) is 1. The second-order valence-corrected chi connectivity index (χ2v) is 9.60. The Morgan fingerprint density at radius 1 is 0.647 bits per heavy atom. The van der Waals surface area contributed by atoms with Crippen molar-refractivity contribution >= 4 is 32.3 Å². The fourth-order valence-electron chi connectivity index (χ4n) is 2.66. The second-order valence-electron chi connectivity index (χ2n) is 7.92. The van der Waals surface area contributed by atoms with E-state index in [1.807, 2.05) is 119 Å². The molecule has 0 aliphatic rings. The van der Waals surface area contributed by atoms with E-state index in [0.29, 0.717) is 16.5 Å². The lowest BCUT2D eigenvalue weighted by Crippen LogP contribution is -2.03. The topological polar surface area (TPSA) is 125 Å². The lowest BCUT2D eigenvalue weighted by Gasteiger charge is -2.10. The van der Waals surface area contributed by atoms with Crippen molar-refractivity contribution in [3.63, 3.8) is 0 Å². The van der Waals surface area contributed by atoms with Crippen molar-refractivity contribution in [1.29, 1.82) is 0 Å². The van der Waals surface area contributed by atoms with Crippen LogP contribution in [0.3, 0.4) is 0 Å². The van der Waals surface area contributed by atoms with E-state index in [2.05, 4.69) is 50.7 Å². The Hall–Kier alpha value is -3.99. The molecule has 0 aliphatic heterocycles. The van der Waals surface area contributed by atoms with Gasteiger partial charge in [-0.2, -0.15) is 23.8 Å². The van der Waals surface area contributed by atoms with Gasteiger partial charge in [0, 0.05) is 19.5 Å². The van der Waals surface area contributed by atoms with Crippen molar-refractivity contribution < 1.29 is 17.7 Å². The zero-order valence-electron chi connectivity index (χ0n) is 35.0. The third-order valence-corrected chi connectivity index (χ3v) is 5.98. The third kappa shape index (κ3) is 31.7. The summed E-state index contributed by atoms with van der Waals surface area (Å²) in [6.07, 6.45) is 1.25. The molecule has 10 heteroatoms. The van der Waals surface area contributed by atoms with Crippen LogP contribution in [0.25, 0.3) is 10.8 Å². The van der Waals surface area contributed by atoms with Crippen LogP contribution in [0.2, 0.25) is 0 Å². The average Bonchev–Trinajstić information content (AvgIpc) is 3.23. The van der Waals surface area contributed by atoms with E-state index < -0.39 is 10.1 Å². The molecular weight excluding hydrogens is 659 g/mol. The number of benzene rings is 4. The zero-order valence-corrected chi connectivity index (χ0v) is 35.8. The number of azo groups is 2. The summed E-state index contributed by atoms with van der Waals surface area (Å²) in [5.41, 5.74) is 0.380. The molecule has 0 heterocycles. The highest BCUT2D eigenvalue weighted by Gasteiger charge is 2.23. The number of phenols is 1. The van der Waals surface area contributed by atoms with Crippen LogP contribution in [0, 0.1) is 0 Å². The van der Waals surface area contributed by atoms with Gasteiger partial charge < -0.3 is 10.4 Å². The van der Waals surface area contributed by atoms with Gasteiger partial charge in [0.05, 0.1) is 12.8 Å². The van der Waals surface area contributed by atoms with Crippen molar-refractivity contribution in [3.8, 4) is 5.75 Å². The van der Waals surface area contributed by atoms with Gasteiger partial charge >= 0.3 is 0 Å². The maximum absolute atomic E-state index is 12.2. The lowest BCUT2D eigenvalue weighted by atomic mass is 10.1. The van der Waals surface area contributed by atoms with Gasteiger partial charge in [0.25, 0.3) is 10.1 Å². The third-order valence-electron chi connectivity index (χ3n) is 4.69. The van der Waals surface area contributed by atoms with E-state index in [4.69, 9.17) is 0 Å². The van der Waals surface area contributed by atoms with Crippen LogP contribution in [0.15, 0.2) is 122 Å². The summed E-state index contributed by atoms with van der Waals surface area (Å²) < 4.78 is 29.0. The highest BCUT2D eigenvalue weighted by atomic mass is 32.2. The van der Waals surface area contributed by atoms with E-state index in [9.17, 15) is 13.5 Å². The smallest absolute Gasteiger partial charge is 0.299 e. The highest BCUT2D eigenvalue weighted by molar-refractivity contribution is 7.87. The molecule has 0 aliphatic carbocycles. The molecule has 0 fully saturated rings. The number of aromatic hydroxyl groups is 1. The molecule has 0 bridgehead atoms. The number of nitrogens with zero attached hydrogens (tertiary/aromatic N) is 4. The molecular formula is C41H73N5O4S. The Morgan fingerprint density at radius 2 is 1.00 bits per heavy atom. The molecule has 0 unspecified atom stereocenters. The van der Waals surface area contributed by atoms with Gasteiger partial charge in [0.15, 0.2) is 5.75 Å². The molecule has 292 valence electrons. The van der Waals surface area contributed by atoms with Gasteiger partial charge in [-0.3, -0.25) is 4.18 Å². The number of rotatable bonds is 5. The molecule has 4 aromatic rings. The van der Waals surface area contributed by atoms with Gasteiger partial charge in [-0.15, -0.1) is 5.11 Å². The number of phenolic OH excluding ortho intramolecular Hbond substituents is 1. The molecule has 2 N–H and O–H groups in total. The quantitative estimate of drug-likeness (QED) is 0.156.